The lowest BCUT2D eigenvalue weighted by Crippen LogP contribution is -2.44. The van der Waals surface area contributed by atoms with Gasteiger partial charge in [-0.1, -0.05) is 26.2 Å². The molecule has 0 radical (unpaired) electrons. The summed E-state index contributed by atoms with van der Waals surface area (Å²) in [6.07, 6.45) is 13.7. The molecule has 7 nitrogen and oxygen atoms in total. The van der Waals surface area contributed by atoms with Gasteiger partial charge >= 0.3 is 0 Å². The summed E-state index contributed by atoms with van der Waals surface area (Å²) in [6.45, 7) is 4.34. The van der Waals surface area contributed by atoms with Crippen molar-refractivity contribution < 1.29 is 9.47 Å². The van der Waals surface area contributed by atoms with Crippen LogP contribution in [0.1, 0.15) is 39.0 Å². The largest absolute Gasteiger partial charge is 0.493 e. The van der Waals surface area contributed by atoms with Crippen LogP contribution in [-0.4, -0.2) is 45.2 Å². The van der Waals surface area contributed by atoms with E-state index in [0.717, 1.165) is 41.8 Å². The van der Waals surface area contributed by atoms with E-state index in [1.165, 1.54) is 32.1 Å². The molecule has 3 aromatic heterocycles. The van der Waals surface area contributed by atoms with Gasteiger partial charge in [-0.25, -0.2) is 9.97 Å². The van der Waals surface area contributed by atoms with Crippen LogP contribution in [0.25, 0.3) is 17.0 Å². The standard InChI is InChI=1S/C22H27N5O2/c1-22(13-28-14-22)15-29-17-7-8-27-19(11-24-21(27)9-17)18-10-23-12-20(26-18)25-16-5-3-2-4-6-16/h7-12,16H,2-6,13-15H2,1H3,(H,25,26). The molecule has 0 amide bonds. The molecule has 2 aliphatic rings. The second-order valence-corrected chi connectivity index (χ2v) is 8.60. The molecular formula is C22H27N5O2. The summed E-state index contributed by atoms with van der Waals surface area (Å²) < 4.78 is 13.3. The monoisotopic (exact) mass is 393 g/mol. The number of anilines is 1. The van der Waals surface area contributed by atoms with Gasteiger partial charge in [0.1, 0.15) is 22.9 Å². The van der Waals surface area contributed by atoms with Crippen molar-refractivity contribution >= 4 is 11.5 Å². The van der Waals surface area contributed by atoms with E-state index in [2.05, 4.69) is 22.2 Å². The van der Waals surface area contributed by atoms with Crippen LogP contribution in [0.4, 0.5) is 5.82 Å². The highest BCUT2D eigenvalue weighted by Gasteiger charge is 2.34. The van der Waals surface area contributed by atoms with Crippen LogP contribution in [0, 0.1) is 5.41 Å². The van der Waals surface area contributed by atoms with Gasteiger partial charge in [-0.3, -0.25) is 9.38 Å². The molecule has 7 heteroatoms. The van der Waals surface area contributed by atoms with Gasteiger partial charge in [0.25, 0.3) is 0 Å². The van der Waals surface area contributed by atoms with Crippen LogP contribution in [-0.2, 0) is 4.74 Å². The van der Waals surface area contributed by atoms with Crippen LogP contribution in [0.15, 0.2) is 36.9 Å². The Morgan fingerprint density at radius 1 is 1.21 bits per heavy atom. The van der Waals surface area contributed by atoms with Gasteiger partial charge in [0.2, 0.25) is 0 Å². The SMILES string of the molecule is CC1(COc2ccn3c(-c4cncc(NC5CCCCC5)n4)cnc3c2)COC1. The van der Waals surface area contributed by atoms with Crippen LogP contribution >= 0.6 is 0 Å². The summed E-state index contributed by atoms with van der Waals surface area (Å²) in [7, 11) is 0. The lowest BCUT2D eigenvalue weighted by molar-refractivity contribution is -0.120. The molecule has 2 fully saturated rings. The molecule has 1 N–H and O–H groups in total. The van der Waals surface area contributed by atoms with Gasteiger partial charge in [0, 0.05) is 23.7 Å². The first-order valence-corrected chi connectivity index (χ1v) is 10.5. The molecule has 0 atom stereocenters. The highest BCUT2D eigenvalue weighted by molar-refractivity contribution is 5.61. The fourth-order valence-corrected chi connectivity index (χ4v) is 4.05. The molecule has 5 rings (SSSR count). The van der Waals surface area contributed by atoms with Crippen molar-refractivity contribution in [1.29, 1.82) is 0 Å². The number of pyridine rings is 1. The average molecular weight is 393 g/mol. The second-order valence-electron chi connectivity index (χ2n) is 8.60. The minimum absolute atomic E-state index is 0.119. The summed E-state index contributed by atoms with van der Waals surface area (Å²) in [5.41, 5.74) is 2.69. The van der Waals surface area contributed by atoms with Crippen molar-refractivity contribution in [3.8, 4) is 17.1 Å². The summed E-state index contributed by atoms with van der Waals surface area (Å²) in [6, 6.07) is 4.43. The quantitative estimate of drug-likeness (QED) is 0.684. The number of imidazole rings is 1. The molecule has 0 spiro atoms. The zero-order chi connectivity index (χ0) is 19.7. The number of ether oxygens (including phenoxy) is 2. The van der Waals surface area contributed by atoms with E-state index in [1.54, 1.807) is 12.4 Å². The first-order chi connectivity index (χ1) is 14.2. The minimum Gasteiger partial charge on any atom is -0.493 e. The van der Waals surface area contributed by atoms with Gasteiger partial charge in [0.05, 0.1) is 44.1 Å². The number of nitrogens with zero attached hydrogens (tertiary/aromatic N) is 4. The lowest BCUT2D eigenvalue weighted by atomic mass is 9.90. The summed E-state index contributed by atoms with van der Waals surface area (Å²) in [4.78, 5) is 13.7. The Morgan fingerprint density at radius 3 is 2.86 bits per heavy atom. The summed E-state index contributed by atoms with van der Waals surface area (Å²) in [5, 5.41) is 3.55. The molecule has 152 valence electrons. The third-order valence-electron chi connectivity index (χ3n) is 5.83. The Bertz CT molecular complexity index is 992. The molecule has 3 aromatic rings. The van der Waals surface area contributed by atoms with E-state index >= 15 is 0 Å². The maximum atomic E-state index is 5.97. The highest BCUT2D eigenvalue weighted by atomic mass is 16.5. The smallest absolute Gasteiger partial charge is 0.145 e. The molecule has 1 aliphatic heterocycles. The Balaban J connectivity index is 1.34. The molecule has 1 saturated heterocycles. The van der Waals surface area contributed by atoms with Crippen molar-refractivity contribution in [3.63, 3.8) is 0 Å². The zero-order valence-corrected chi connectivity index (χ0v) is 16.8. The van der Waals surface area contributed by atoms with Crippen molar-refractivity contribution in [3.05, 3.63) is 36.9 Å². The van der Waals surface area contributed by atoms with Crippen molar-refractivity contribution in [2.75, 3.05) is 25.1 Å². The number of hydrogen-bond donors (Lipinski definition) is 1. The highest BCUT2D eigenvalue weighted by Crippen LogP contribution is 2.29. The van der Waals surface area contributed by atoms with E-state index in [0.29, 0.717) is 12.6 Å². The van der Waals surface area contributed by atoms with E-state index in [-0.39, 0.29) is 5.41 Å². The predicted octanol–water partition coefficient (Wildman–Crippen LogP) is 3.95. The molecule has 29 heavy (non-hydrogen) atoms. The van der Waals surface area contributed by atoms with Crippen molar-refractivity contribution in [2.24, 2.45) is 5.41 Å². The minimum atomic E-state index is 0.119. The van der Waals surface area contributed by atoms with E-state index in [9.17, 15) is 0 Å². The number of rotatable bonds is 6. The van der Waals surface area contributed by atoms with Crippen molar-refractivity contribution in [2.45, 2.75) is 45.1 Å². The molecule has 0 unspecified atom stereocenters. The summed E-state index contributed by atoms with van der Waals surface area (Å²) in [5.74, 6) is 1.65. The molecule has 0 bridgehead atoms. The van der Waals surface area contributed by atoms with Crippen LogP contribution in [0.3, 0.4) is 0 Å². The first-order valence-electron chi connectivity index (χ1n) is 10.5. The van der Waals surface area contributed by atoms with Crippen LogP contribution in [0.2, 0.25) is 0 Å². The fraction of sp³-hybridized carbons (Fsp3) is 0.500. The van der Waals surface area contributed by atoms with Gasteiger partial charge in [-0.05, 0) is 18.9 Å². The average Bonchev–Trinajstić information content (AvgIpc) is 3.15. The van der Waals surface area contributed by atoms with Gasteiger partial charge in [-0.15, -0.1) is 0 Å². The Labute approximate surface area is 170 Å². The van der Waals surface area contributed by atoms with Gasteiger partial charge < -0.3 is 14.8 Å². The summed E-state index contributed by atoms with van der Waals surface area (Å²) >= 11 is 0. The molecule has 1 aliphatic carbocycles. The normalized spacial score (nSPS) is 19.1. The van der Waals surface area contributed by atoms with E-state index in [4.69, 9.17) is 14.5 Å². The maximum Gasteiger partial charge on any atom is 0.145 e. The van der Waals surface area contributed by atoms with Crippen molar-refractivity contribution in [1.82, 2.24) is 19.4 Å². The molecular weight excluding hydrogens is 366 g/mol. The topological polar surface area (TPSA) is 73.6 Å². The van der Waals surface area contributed by atoms with Crippen LogP contribution < -0.4 is 10.1 Å². The number of fused-ring (bicyclic) bond motifs is 1. The zero-order valence-electron chi connectivity index (χ0n) is 16.8. The second kappa shape index (κ2) is 7.63. The molecule has 0 aromatic carbocycles. The number of aromatic nitrogens is 4. The molecule has 1 saturated carbocycles. The van der Waals surface area contributed by atoms with Gasteiger partial charge in [-0.2, -0.15) is 0 Å². The lowest BCUT2D eigenvalue weighted by Gasteiger charge is -2.37. The predicted molar refractivity (Wildman–Crippen MR) is 111 cm³/mol. The number of hydrogen-bond acceptors (Lipinski definition) is 6. The number of nitrogens with one attached hydrogen (secondary N) is 1. The third-order valence-corrected chi connectivity index (χ3v) is 5.83. The maximum absolute atomic E-state index is 5.97. The third kappa shape index (κ3) is 3.92. The fourth-order valence-electron chi connectivity index (χ4n) is 4.05. The Hall–Kier alpha value is -2.67. The van der Waals surface area contributed by atoms with Gasteiger partial charge in [0.15, 0.2) is 0 Å². The Morgan fingerprint density at radius 2 is 2.07 bits per heavy atom. The first kappa shape index (κ1) is 18.4. The van der Waals surface area contributed by atoms with E-state index in [1.807, 2.05) is 28.9 Å². The molecule has 4 heterocycles. The van der Waals surface area contributed by atoms with Crippen LogP contribution in [0.5, 0.6) is 5.75 Å². The Kier molecular flexibility index (Phi) is 4.83. The van der Waals surface area contributed by atoms with E-state index < -0.39 is 0 Å².